The van der Waals surface area contributed by atoms with Gasteiger partial charge < -0.3 is 15.8 Å². The number of hydrogen-bond acceptors (Lipinski definition) is 4. The van der Waals surface area contributed by atoms with Gasteiger partial charge in [-0.2, -0.15) is 5.26 Å². The van der Waals surface area contributed by atoms with E-state index in [0.29, 0.717) is 11.3 Å². The van der Waals surface area contributed by atoms with Crippen LogP contribution < -0.4 is 15.8 Å². The Morgan fingerprint density at radius 3 is 2.52 bits per heavy atom. The molecule has 110 valence electrons. The third kappa shape index (κ3) is 3.72. The predicted octanol–water partition coefficient (Wildman–Crippen LogP) is 0.973. The normalized spacial score (nSPS) is 16.4. The largest absolute Gasteiger partial charge is 0.484 e. The summed E-state index contributed by atoms with van der Waals surface area (Å²) in [4.78, 5) is 22.8. The Bertz CT molecular complexity index is 587. The Kier molecular flexibility index (Phi) is 4.13. The van der Waals surface area contributed by atoms with Gasteiger partial charge in [0.05, 0.1) is 6.07 Å². The quantitative estimate of drug-likeness (QED) is 0.813. The molecule has 1 saturated carbocycles. The molecule has 1 fully saturated rings. The zero-order chi connectivity index (χ0) is 15.5. The van der Waals surface area contributed by atoms with Crippen molar-refractivity contribution in [2.75, 3.05) is 6.61 Å². The molecular weight excluding hydrogens is 270 g/mol. The lowest BCUT2D eigenvalue weighted by molar-refractivity contribution is -0.124. The van der Waals surface area contributed by atoms with Crippen LogP contribution in [0.1, 0.15) is 30.1 Å². The fourth-order valence-corrected chi connectivity index (χ4v) is 2.07. The minimum Gasteiger partial charge on any atom is -0.484 e. The second-order valence-electron chi connectivity index (χ2n) is 5.31. The van der Waals surface area contributed by atoms with E-state index in [0.717, 1.165) is 12.8 Å². The molecule has 0 heterocycles. The number of primary amides is 1. The Balaban J connectivity index is 1.86. The summed E-state index contributed by atoms with van der Waals surface area (Å²) in [5.41, 5.74) is 4.68. The number of nitriles is 1. The van der Waals surface area contributed by atoms with Crippen molar-refractivity contribution in [1.82, 2.24) is 5.32 Å². The molecule has 0 bridgehead atoms. The molecule has 21 heavy (non-hydrogen) atoms. The second-order valence-corrected chi connectivity index (χ2v) is 5.31. The summed E-state index contributed by atoms with van der Waals surface area (Å²) in [6, 6.07) is 8.34. The maximum Gasteiger partial charge on any atom is 0.259 e. The molecule has 6 nitrogen and oxygen atoms in total. The van der Waals surface area contributed by atoms with E-state index in [1.807, 2.05) is 0 Å². The van der Waals surface area contributed by atoms with Crippen molar-refractivity contribution in [3.63, 3.8) is 0 Å². The molecule has 0 aromatic heterocycles. The second kappa shape index (κ2) is 5.83. The van der Waals surface area contributed by atoms with Gasteiger partial charge in [-0.15, -0.1) is 0 Å². The Hall–Kier alpha value is -2.55. The standard InChI is InChI=1S/C15H17N3O3/c1-15(9-16,11-4-5-11)18-13(19)8-21-12-6-2-10(3-7-12)14(17)20/h2-3,6-7,11H,4-5,8H2,1H3,(H2,17,20)(H,18,19)/t15-/m0/s1. The van der Waals surface area contributed by atoms with Crippen LogP contribution in [0.3, 0.4) is 0 Å². The van der Waals surface area contributed by atoms with Crippen LogP contribution in [0.4, 0.5) is 0 Å². The molecule has 0 unspecified atom stereocenters. The first-order chi connectivity index (χ1) is 9.94. The van der Waals surface area contributed by atoms with E-state index in [-0.39, 0.29) is 18.4 Å². The summed E-state index contributed by atoms with van der Waals surface area (Å²) in [5, 5.41) is 11.9. The predicted molar refractivity (Wildman–Crippen MR) is 75.3 cm³/mol. The van der Waals surface area contributed by atoms with Crippen molar-refractivity contribution >= 4 is 11.8 Å². The fraction of sp³-hybridized carbons (Fsp3) is 0.400. The van der Waals surface area contributed by atoms with E-state index in [9.17, 15) is 9.59 Å². The molecule has 0 saturated heterocycles. The molecule has 1 aromatic carbocycles. The first-order valence-corrected chi connectivity index (χ1v) is 6.69. The number of rotatable bonds is 6. The van der Waals surface area contributed by atoms with Crippen molar-refractivity contribution < 1.29 is 14.3 Å². The fourth-order valence-electron chi connectivity index (χ4n) is 2.07. The molecule has 0 aliphatic heterocycles. The minimum absolute atomic E-state index is 0.181. The number of nitrogens with one attached hydrogen (secondary N) is 1. The van der Waals surface area contributed by atoms with Gasteiger partial charge in [0.2, 0.25) is 5.91 Å². The van der Waals surface area contributed by atoms with Gasteiger partial charge in [-0.05, 0) is 49.9 Å². The highest BCUT2D eigenvalue weighted by atomic mass is 16.5. The van der Waals surface area contributed by atoms with Gasteiger partial charge in [0, 0.05) is 5.56 Å². The highest BCUT2D eigenvalue weighted by Crippen LogP contribution is 2.39. The molecule has 3 N–H and O–H groups in total. The van der Waals surface area contributed by atoms with E-state index in [4.69, 9.17) is 15.7 Å². The van der Waals surface area contributed by atoms with Gasteiger partial charge >= 0.3 is 0 Å². The summed E-state index contributed by atoms with van der Waals surface area (Å²) in [7, 11) is 0. The lowest BCUT2D eigenvalue weighted by atomic mass is 9.98. The molecular formula is C15H17N3O3. The smallest absolute Gasteiger partial charge is 0.259 e. The molecule has 6 heteroatoms. The Morgan fingerprint density at radius 2 is 2.05 bits per heavy atom. The molecule has 0 spiro atoms. The van der Waals surface area contributed by atoms with Crippen molar-refractivity contribution in [2.24, 2.45) is 11.7 Å². The molecule has 1 atom stereocenters. The summed E-state index contributed by atoms with van der Waals surface area (Å²) in [6.07, 6.45) is 1.92. The lowest BCUT2D eigenvalue weighted by Crippen LogP contribution is -2.48. The first-order valence-electron chi connectivity index (χ1n) is 6.69. The van der Waals surface area contributed by atoms with Gasteiger partial charge in [0.1, 0.15) is 11.3 Å². The average molecular weight is 287 g/mol. The topological polar surface area (TPSA) is 105 Å². The van der Waals surface area contributed by atoms with Gasteiger partial charge in [-0.1, -0.05) is 0 Å². The zero-order valence-corrected chi connectivity index (χ0v) is 11.8. The number of nitrogens with two attached hydrogens (primary N) is 1. The van der Waals surface area contributed by atoms with Gasteiger partial charge in [-0.25, -0.2) is 0 Å². The summed E-state index contributed by atoms with van der Waals surface area (Å²) < 4.78 is 5.32. The maximum absolute atomic E-state index is 11.8. The summed E-state index contributed by atoms with van der Waals surface area (Å²) in [5.74, 6) is -0.181. The van der Waals surface area contributed by atoms with Crippen molar-refractivity contribution in [3.8, 4) is 11.8 Å². The monoisotopic (exact) mass is 287 g/mol. The van der Waals surface area contributed by atoms with Crippen LogP contribution in [0.25, 0.3) is 0 Å². The highest BCUT2D eigenvalue weighted by Gasteiger charge is 2.43. The zero-order valence-electron chi connectivity index (χ0n) is 11.8. The van der Waals surface area contributed by atoms with Crippen LogP contribution in [0.2, 0.25) is 0 Å². The van der Waals surface area contributed by atoms with Crippen molar-refractivity contribution in [3.05, 3.63) is 29.8 Å². The van der Waals surface area contributed by atoms with E-state index in [1.165, 1.54) is 12.1 Å². The van der Waals surface area contributed by atoms with E-state index in [1.54, 1.807) is 19.1 Å². The highest BCUT2D eigenvalue weighted by molar-refractivity contribution is 5.92. The number of benzene rings is 1. The average Bonchev–Trinajstić information content (AvgIpc) is 3.30. The Labute approximate surface area is 122 Å². The van der Waals surface area contributed by atoms with E-state index >= 15 is 0 Å². The van der Waals surface area contributed by atoms with Crippen LogP contribution in [-0.4, -0.2) is 24.0 Å². The van der Waals surface area contributed by atoms with Crippen molar-refractivity contribution in [2.45, 2.75) is 25.3 Å². The van der Waals surface area contributed by atoms with Crippen LogP contribution >= 0.6 is 0 Å². The number of amides is 2. The maximum atomic E-state index is 11.8. The van der Waals surface area contributed by atoms with Crippen molar-refractivity contribution in [1.29, 1.82) is 5.26 Å². The number of hydrogen-bond donors (Lipinski definition) is 2. The number of carbonyl (C=O) groups excluding carboxylic acids is 2. The molecule has 2 rings (SSSR count). The molecule has 1 aliphatic rings. The SMILES string of the molecule is C[C@@](C#N)(NC(=O)COc1ccc(C(N)=O)cc1)C1CC1. The Morgan fingerprint density at radius 1 is 1.43 bits per heavy atom. The minimum atomic E-state index is -0.823. The van der Waals surface area contributed by atoms with E-state index < -0.39 is 11.4 Å². The number of carbonyl (C=O) groups is 2. The lowest BCUT2D eigenvalue weighted by Gasteiger charge is -2.22. The third-order valence-corrected chi connectivity index (χ3v) is 3.53. The number of nitrogens with zero attached hydrogens (tertiary/aromatic N) is 1. The van der Waals surface area contributed by atoms with Gasteiger partial charge in [0.25, 0.3) is 5.91 Å². The third-order valence-electron chi connectivity index (χ3n) is 3.53. The van der Waals surface area contributed by atoms with Crippen LogP contribution in [0, 0.1) is 17.2 Å². The summed E-state index contributed by atoms with van der Waals surface area (Å²) >= 11 is 0. The molecule has 1 aliphatic carbocycles. The molecule has 1 aromatic rings. The van der Waals surface area contributed by atoms with Crippen LogP contribution in [-0.2, 0) is 4.79 Å². The van der Waals surface area contributed by atoms with Crippen LogP contribution in [0.15, 0.2) is 24.3 Å². The van der Waals surface area contributed by atoms with Gasteiger partial charge in [0.15, 0.2) is 6.61 Å². The van der Waals surface area contributed by atoms with Crippen LogP contribution in [0.5, 0.6) is 5.75 Å². The summed E-state index contributed by atoms with van der Waals surface area (Å²) in [6.45, 7) is 1.55. The number of ether oxygens (including phenoxy) is 1. The van der Waals surface area contributed by atoms with E-state index in [2.05, 4.69) is 11.4 Å². The van der Waals surface area contributed by atoms with Gasteiger partial charge in [-0.3, -0.25) is 9.59 Å². The molecule has 2 amide bonds. The molecule has 0 radical (unpaired) electrons. The first kappa shape index (κ1) is 14.9.